The normalized spacial score (nSPS) is 17.3. The van der Waals surface area contributed by atoms with Crippen molar-refractivity contribution < 1.29 is 22.7 Å². The van der Waals surface area contributed by atoms with E-state index in [0.29, 0.717) is 5.84 Å². The number of nitrogens with zero attached hydrogens (tertiary/aromatic N) is 1. The minimum Gasteiger partial charge on any atom is -0.457 e. The maximum absolute atomic E-state index is 12.2. The third kappa shape index (κ3) is 5.59. The number of allylic oxidation sites excluding steroid dienone is 1. The summed E-state index contributed by atoms with van der Waals surface area (Å²) in [5, 5.41) is 5.81. The van der Waals surface area contributed by atoms with E-state index in [1.165, 1.54) is 6.20 Å². The van der Waals surface area contributed by atoms with E-state index in [9.17, 15) is 18.0 Å². The molecule has 1 atom stereocenters. The molecule has 0 spiro atoms. The summed E-state index contributed by atoms with van der Waals surface area (Å²) < 4.78 is 41.3. The summed E-state index contributed by atoms with van der Waals surface area (Å²) >= 11 is 0. The highest BCUT2D eigenvalue weighted by Gasteiger charge is 2.25. The number of aliphatic imine (C=N–C) groups is 1. The first-order valence-electron chi connectivity index (χ1n) is 7.68. The zero-order valence-corrected chi connectivity index (χ0v) is 14.0. The topological polar surface area (TPSA) is 62.7 Å². The number of hydrogen-bond acceptors (Lipinski definition) is 5. The molecule has 0 amide bonds. The number of alkyl halides is 3. The van der Waals surface area contributed by atoms with Crippen LogP contribution in [0.1, 0.15) is 5.56 Å². The van der Waals surface area contributed by atoms with Gasteiger partial charge >= 0.3 is 12.1 Å². The molecule has 2 N–H and O–H groups in total. The van der Waals surface area contributed by atoms with Crippen LogP contribution in [0.5, 0.6) is 0 Å². The molecule has 0 radical (unpaired) electrons. The predicted octanol–water partition coefficient (Wildman–Crippen LogP) is 2.68. The van der Waals surface area contributed by atoms with Crippen molar-refractivity contribution in [2.75, 3.05) is 13.7 Å². The molecule has 0 saturated carbocycles. The average molecular weight is 365 g/mol. The van der Waals surface area contributed by atoms with Crippen molar-refractivity contribution in [1.82, 2.24) is 10.6 Å². The molecule has 26 heavy (non-hydrogen) atoms. The Morgan fingerprint density at radius 3 is 2.69 bits per heavy atom. The minimum atomic E-state index is -4.44. The first kappa shape index (κ1) is 19.5. The smallest absolute Gasteiger partial charge is 0.409 e. The lowest BCUT2D eigenvalue weighted by Crippen LogP contribution is -2.38. The fraction of sp³-hybridized carbons (Fsp3) is 0.222. The molecule has 0 fully saturated rings. The molecule has 138 valence electrons. The Balaban J connectivity index is 1.98. The van der Waals surface area contributed by atoms with Crippen molar-refractivity contribution in [2.45, 2.75) is 12.3 Å². The highest BCUT2D eigenvalue weighted by atomic mass is 19.4. The van der Waals surface area contributed by atoms with Crippen molar-refractivity contribution in [1.29, 1.82) is 0 Å². The largest absolute Gasteiger partial charge is 0.457 e. The molecule has 5 nitrogen and oxygen atoms in total. The van der Waals surface area contributed by atoms with Crippen LogP contribution in [-0.2, 0) is 9.53 Å². The van der Waals surface area contributed by atoms with E-state index in [4.69, 9.17) is 4.74 Å². The molecule has 1 aliphatic rings. The number of likely N-dealkylation sites (N-methyl/N-ethyl adjacent to an activating group) is 1. The maximum atomic E-state index is 12.2. The molecule has 0 bridgehead atoms. The second-order valence-corrected chi connectivity index (χ2v) is 5.39. The summed E-state index contributed by atoms with van der Waals surface area (Å²) in [5.74, 6) is -0.117. The second kappa shape index (κ2) is 8.48. The Kier molecular flexibility index (Phi) is 6.35. The minimum absolute atomic E-state index is 0.0227. The first-order valence-corrected chi connectivity index (χ1v) is 7.68. The average Bonchev–Trinajstić information content (AvgIpc) is 2.64. The zero-order chi connectivity index (χ0) is 19.2. The van der Waals surface area contributed by atoms with E-state index >= 15 is 0 Å². The Labute approximate surface area is 149 Å². The highest BCUT2D eigenvalue weighted by Crippen LogP contribution is 2.17. The lowest BCUT2D eigenvalue weighted by molar-refractivity contribution is -0.138. The van der Waals surface area contributed by atoms with Crippen LogP contribution in [0.3, 0.4) is 0 Å². The fourth-order valence-electron chi connectivity index (χ4n) is 2.11. The van der Waals surface area contributed by atoms with Gasteiger partial charge in [0, 0.05) is 17.8 Å². The molecule has 8 heteroatoms. The molecule has 1 aromatic rings. The van der Waals surface area contributed by atoms with Crippen LogP contribution >= 0.6 is 0 Å². The molecule has 0 saturated heterocycles. The molecular weight excluding hydrogens is 347 g/mol. The van der Waals surface area contributed by atoms with Crippen LogP contribution in [0.15, 0.2) is 71.4 Å². The molecule has 2 rings (SSSR count). The van der Waals surface area contributed by atoms with E-state index < -0.39 is 18.3 Å². The maximum Gasteiger partial charge on any atom is 0.409 e. The first-order chi connectivity index (χ1) is 12.3. The number of ether oxygens (including phenoxy) is 1. The summed E-state index contributed by atoms with van der Waals surface area (Å²) in [7, 11) is 1.63. The van der Waals surface area contributed by atoms with Crippen LogP contribution in [0.25, 0.3) is 0 Å². The second-order valence-electron chi connectivity index (χ2n) is 5.39. The van der Waals surface area contributed by atoms with E-state index in [2.05, 4.69) is 22.2 Å². The SMILES string of the molecule is C=C(/C=C/C(F)(F)F)COC(=O)C1=CNC(c2ccccc2)=NC1NC. The lowest BCUT2D eigenvalue weighted by atomic mass is 10.1. The Hall–Kier alpha value is -2.87. The van der Waals surface area contributed by atoms with Crippen molar-refractivity contribution in [3.63, 3.8) is 0 Å². The summed E-state index contributed by atoms with van der Waals surface area (Å²) in [6.07, 6.45) is -2.81. The van der Waals surface area contributed by atoms with Crippen molar-refractivity contribution in [2.24, 2.45) is 4.99 Å². The van der Waals surface area contributed by atoms with Crippen molar-refractivity contribution in [3.05, 3.63) is 72.0 Å². The van der Waals surface area contributed by atoms with Crippen LogP contribution in [0, 0.1) is 0 Å². The van der Waals surface area contributed by atoms with Gasteiger partial charge in [0.05, 0.1) is 5.57 Å². The number of carbonyl (C=O) groups is 1. The van der Waals surface area contributed by atoms with Gasteiger partial charge < -0.3 is 10.1 Å². The number of halogens is 3. The number of nitrogens with one attached hydrogen (secondary N) is 2. The van der Waals surface area contributed by atoms with E-state index in [0.717, 1.165) is 11.6 Å². The standard InChI is InChI=1S/C18H18F3N3O2/c1-12(8-9-18(19,20)21)11-26-17(25)14-10-23-15(24-16(14)22-2)13-6-4-3-5-7-13/h3-10,16,22H,1,11H2,2H3,(H,23,24)/b9-8+. The summed E-state index contributed by atoms with van der Waals surface area (Å²) in [6.45, 7) is 3.07. The van der Waals surface area contributed by atoms with Crippen molar-refractivity contribution in [3.8, 4) is 0 Å². The van der Waals surface area contributed by atoms with Gasteiger partial charge in [-0.3, -0.25) is 5.32 Å². The molecule has 1 unspecified atom stereocenters. The van der Waals surface area contributed by atoms with Gasteiger partial charge in [0.15, 0.2) is 0 Å². The number of benzene rings is 1. The van der Waals surface area contributed by atoms with Gasteiger partial charge in [-0.15, -0.1) is 0 Å². The molecule has 1 heterocycles. The molecule has 1 aliphatic heterocycles. The highest BCUT2D eigenvalue weighted by molar-refractivity contribution is 6.02. The molecule has 0 aromatic heterocycles. The third-order valence-corrected chi connectivity index (χ3v) is 3.37. The number of carbonyl (C=O) groups excluding carboxylic acids is 1. The van der Waals surface area contributed by atoms with Gasteiger partial charge in [-0.1, -0.05) is 43.0 Å². The van der Waals surface area contributed by atoms with E-state index in [1.807, 2.05) is 30.3 Å². The summed E-state index contributed by atoms with van der Waals surface area (Å²) in [6, 6.07) is 9.34. The van der Waals surface area contributed by atoms with Crippen molar-refractivity contribution >= 4 is 11.8 Å². The van der Waals surface area contributed by atoms with Crippen LogP contribution in [0.4, 0.5) is 13.2 Å². The fourth-order valence-corrected chi connectivity index (χ4v) is 2.11. The molecule has 1 aromatic carbocycles. The summed E-state index contributed by atoms with van der Waals surface area (Å²) in [5.41, 5.74) is 1.08. The number of rotatable bonds is 6. The third-order valence-electron chi connectivity index (χ3n) is 3.37. The van der Waals surface area contributed by atoms with Gasteiger partial charge in [-0.25, -0.2) is 9.79 Å². The Bertz CT molecular complexity index is 753. The Morgan fingerprint density at radius 1 is 1.38 bits per heavy atom. The van der Waals surface area contributed by atoms with Crippen LogP contribution in [-0.4, -0.2) is 37.8 Å². The zero-order valence-electron chi connectivity index (χ0n) is 14.0. The number of esters is 1. The van der Waals surface area contributed by atoms with E-state index in [1.54, 1.807) is 7.05 Å². The van der Waals surface area contributed by atoms with Gasteiger partial charge in [0.25, 0.3) is 0 Å². The monoisotopic (exact) mass is 365 g/mol. The van der Waals surface area contributed by atoms with Gasteiger partial charge in [-0.2, -0.15) is 13.2 Å². The lowest BCUT2D eigenvalue weighted by Gasteiger charge is -2.22. The van der Waals surface area contributed by atoms with Crippen LogP contribution in [0.2, 0.25) is 0 Å². The molecule has 0 aliphatic carbocycles. The quantitative estimate of drug-likeness (QED) is 0.601. The van der Waals surface area contributed by atoms with E-state index in [-0.39, 0.29) is 23.8 Å². The number of amidine groups is 1. The number of hydrogen-bond donors (Lipinski definition) is 2. The van der Waals surface area contributed by atoms with Gasteiger partial charge in [0.2, 0.25) is 0 Å². The van der Waals surface area contributed by atoms with Crippen LogP contribution < -0.4 is 10.6 Å². The van der Waals surface area contributed by atoms with Gasteiger partial charge in [0.1, 0.15) is 18.6 Å². The predicted molar refractivity (Wildman–Crippen MR) is 92.3 cm³/mol. The van der Waals surface area contributed by atoms with Gasteiger partial charge in [-0.05, 0) is 12.6 Å². The Morgan fingerprint density at radius 2 is 2.08 bits per heavy atom. The molecular formula is C18H18F3N3O2. The summed E-state index contributed by atoms with van der Waals surface area (Å²) in [4.78, 5) is 16.6.